The van der Waals surface area contributed by atoms with Gasteiger partial charge < -0.3 is 5.11 Å². The Kier molecular flexibility index (Phi) is 5.42. The van der Waals surface area contributed by atoms with Crippen LogP contribution in [-0.2, 0) is 33.1 Å². The van der Waals surface area contributed by atoms with Crippen molar-refractivity contribution in [2.45, 2.75) is 46.6 Å². The van der Waals surface area contributed by atoms with E-state index in [1.165, 1.54) is 5.56 Å². The molecule has 0 saturated carbocycles. The van der Waals surface area contributed by atoms with Gasteiger partial charge in [0.1, 0.15) is 0 Å². The smallest absolute Gasteiger partial charge is 0.0618 e. The van der Waals surface area contributed by atoms with Gasteiger partial charge in [0, 0.05) is 21.1 Å². The second kappa shape index (κ2) is 5.47. The van der Waals surface area contributed by atoms with Crippen molar-refractivity contribution in [3.05, 3.63) is 35.4 Å². The number of aliphatic hydroxyl groups is 1. The third-order valence-corrected chi connectivity index (χ3v) is 2.26. The molecular formula is C14H21OPt-. The fraction of sp³-hybridized carbons (Fsp3) is 0.571. The summed E-state index contributed by atoms with van der Waals surface area (Å²) in [6.07, 6.45) is 1.02. The molecule has 0 aromatic heterocycles. The Balaban J connectivity index is 0.00000225. The predicted octanol–water partition coefficient (Wildman–Crippen LogP) is 3.30. The molecule has 1 nitrogen and oxygen atoms in total. The van der Waals surface area contributed by atoms with Crippen LogP contribution in [0.3, 0.4) is 0 Å². The SMILES string of the molecule is CC(C)(C)Cc1cc[c-]c(C(C)(C)O)c1.[Pt]. The van der Waals surface area contributed by atoms with E-state index in [1.807, 2.05) is 12.1 Å². The molecule has 0 atom stereocenters. The van der Waals surface area contributed by atoms with Gasteiger partial charge in [0.05, 0.1) is 5.60 Å². The molecular weight excluding hydrogens is 379 g/mol. The summed E-state index contributed by atoms with van der Waals surface area (Å²) in [6.45, 7) is 10.2. The summed E-state index contributed by atoms with van der Waals surface area (Å²) in [5, 5.41) is 9.88. The van der Waals surface area contributed by atoms with Gasteiger partial charge >= 0.3 is 0 Å². The molecule has 0 fully saturated rings. The second-order valence-electron chi connectivity index (χ2n) is 5.91. The van der Waals surface area contributed by atoms with Crippen LogP contribution in [0.4, 0.5) is 0 Å². The van der Waals surface area contributed by atoms with E-state index in [2.05, 4.69) is 32.9 Å². The average molecular weight is 400 g/mol. The number of hydrogen-bond acceptors (Lipinski definition) is 1. The van der Waals surface area contributed by atoms with E-state index in [0.717, 1.165) is 12.0 Å². The Morgan fingerprint density at radius 1 is 1.19 bits per heavy atom. The van der Waals surface area contributed by atoms with Crippen LogP contribution >= 0.6 is 0 Å². The molecule has 0 heterocycles. The minimum atomic E-state index is -0.798. The maximum atomic E-state index is 9.88. The van der Waals surface area contributed by atoms with Crippen molar-refractivity contribution in [3.63, 3.8) is 0 Å². The summed E-state index contributed by atoms with van der Waals surface area (Å²) in [6, 6.07) is 9.10. The first kappa shape index (κ1) is 15.9. The molecule has 2 heteroatoms. The van der Waals surface area contributed by atoms with E-state index >= 15 is 0 Å². The van der Waals surface area contributed by atoms with Crippen molar-refractivity contribution >= 4 is 0 Å². The average Bonchev–Trinajstić information content (AvgIpc) is 1.99. The normalized spacial score (nSPS) is 12.1. The maximum absolute atomic E-state index is 9.88. The predicted molar refractivity (Wildman–Crippen MR) is 63.7 cm³/mol. The van der Waals surface area contributed by atoms with Crippen LogP contribution < -0.4 is 0 Å². The zero-order valence-electron chi connectivity index (χ0n) is 10.7. The second-order valence-corrected chi connectivity index (χ2v) is 5.91. The van der Waals surface area contributed by atoms with Crippen LogP contribution in [0, 0.1) is 11.5 Å². The van der Waals surface area contributed by atoms with E-state index in [1.54, 1.807) is 13.8 Å². The van der Waals surface area contributed by atoms with Crippen molar-refractivity contribution in [2.75, 3.05) is 0 Å². The Morgan fingerprint density at radius 2 is 1.75 bits per heavy atom. The molecule has 1 rings (SSSR count). The summed E-state index contributed by atoms with van der Waals surface area (Å²) in [7, 11) is 0. The summed E-state index contributed by atoms with van der Waals surface area (Å²) in [4.78, 5) is 0. The molecule has 0 unspecified atom stereocenters. The first-order valence-electron chi connectivity index (χ1n) is 5.42. The summed E-state index contributed by atoms with van der Waals surface area (Å²) in [5.74, 6) is 0. The molecule has 1 aromatic rings. The largest absolute Gasteiger partial charge is 0.388 e. The number of benzene rings is 1. The van der Waals surface area contributed by atoms with Crippen molar-refractivity contribution < 1.29 is 26.2 Å². The molecule has 0 aliphatic rings. The standard InChI is InChI=1S/C14H21O.Pt/c1-13(2,3)10-11-7-6-8-12(9-11)14(4,5)15;/h6-7,9,15H,10H2,1-5H3;/q-1;. The van der Waals surface area contributed by atoms with Crippen molar-refractivity contribution in [2.24, 2.45) is 5.41 Å². The van der Waals surface area contributed by atoms with E-state index in [4.69, 9.17) is 0 Å². The fourth-order valence-electron chi connectivity index (χ4n) is 1.59. The van der Waals surface area contributed by atoms with Crippen LogP contribution in [0.2, 0.25) is 0 Å². The molecule has 0 spiro atoms. The molecule has 16 heavy (non-hydrogen) atoms. The van der Waals surface area contributed by atoms with Gasteiger partial charge in [-0.05, 0) is 25.7 Å². The van der Waals surface area contributed by atoms with Crippen LogP contribution in [0.1, 0.15) is 45.7 Å². The van der Waals surface area contributed by atoms with E-state index in [-0.39, 0.29) is 26.5 Å². The molecule has 0 aliphatic carbocycles. The molecule has 1 aromatic carbocycles. The molecule has 0 bridgehead atoms. The van der Waals surface area contributed by atoms with Crippen LogP contribution in [0.5, 0.6) is 0 Å². The van der Waals surface area contributed by atoms with E-state index < -0.39 is 5.60 Å². The summed E-state index contributed by atoms with van der Waals surface area (Å²) < 4.78 is 0. The van der Waals surface area contributed by atoms with Gasteiger partial charge in [-0.3, -0.25) is 0 Å². The van der Waals surface area contributed by atoms with Crippen LogP contribution in [0.25, 0.3) is 0 Å². The van der Waals surface area contributed by atoms with Gasteiger partial charge in [0.2, 0.25) is 0 Å². The first-order chi connectivity index (χ1) is 6.68. The van der Waals surface area contributed by atoms with Crippen LogP contribution in [-0.4, -0.2) is 5.11 Å². The summed E-state index contributed by atoms with van der Waals surface area (Å²) >= 11 is 0. The summed E-state index contributed by atoms with van der Waals surface area (Å²) in [5.41, 5.74) is 1.61. The zero-order chi connectivity index (χ0) is 11.7. The Hall–Kier alpha value is -0.132. The van der Waals surface area contributed by atoms with Gasteiger partial charge in [-0.1, -0.05) is 20.8 Å². The Bertz CT molecular complexity index is 331. The molecule has 94 valence electrons. The number of hydrogen-bond donors (Lipinski definition) is 1. The van der Waals surface area contributed by atoms with Gasteiger partial charge in [-0.2, -0.15) is 29.8 Å². The fourth-order valence-corrected chi connectivity index (χ4v) is 1.59. The Labute approximate surface area is 114 Å². The molecule has 0 saturated heterocycles. The minimum absolute atomic E-state index is 0. The van der Waals surface area contributed by atoms with Gasteiger partial charge in [-0.25, -0.2) is 0 Å². The third kappa shape index (κ3) is 5.27. The minimum Gasteiger partial charge on any atom is -0.388 e. The molecule has 0 radical (unpaired) electrons. The van der Waals surface area contributed by atoms with E-state index in [9.17, 15) is 5.11 Å². The third-order valence-electron chi connectivity index (χ3n) is 2.26. The molecule has 0 amide bonds. The van der Waals surface area contributed by atoms with Gasteiger partial charge in [0.15, 0.2) is 0 Å². The maximum Gasteiger partial charge on any atom is 0.0618 e. The van der Waals surface area contributed by atoms with E-state index in [0.29, 0.717) is 0 Å². The zero-order valence-corrected chi connectivity index (χ0v) is 13.0. The number of rotatable bonds is 2. The topological polar surface area (TPSA) is 20.2 Å². The molecule has 0 aliphatic heterocycles. The first-order valence-corrected chi connectivity index (χ1v) is 5.42. The van der Waals surface area contributed by atoms with Crippen molar-refractivity contribution in [1.82, 2.24) is 0 Å². The monoisotopic (exact) mass is 400 g/mol. The Morgan fingerprint density at radius 3 is 2.19 bits per heavy atom. The quantitative estimate of drug-likeness (QED) is 0.756. The van der Waals surface area contributed by atoms with Crippen molar-refractivity contribution in [3.8, 4) is 0 Å². The van der Waals surface area contributed by atoms with Crippen molar-refractivity contribution in [1.29, 1.82) is 0 Å². The molecule has 1 N–H and O–H groups in total. The van der Waals surface area contributed by atoms with Gasteiger partial charge in [-0.15, -0.1) is 5.56 Å². The van der Waals surface area contributed by atoms with Gasteiger partial charge in [0.25, 0.3) is 0 Å². The van der Waals surface area contributed by atoms with Crippen LogP contribution in [0.15, 0.2) is 18.2 Å².